The van der Waals surface area contributed by atoms with Crippen LogP contribution in [0, 0.1) is 5.82 Å². The average molecular weight is 292 g/mol. The largest absolute Gasteiger partial charge is 0.478 e. The maximum absolute atomic E-state index is 13.4. The number of carboxylic acids is 1. The van der Waals surface area contributed by atoms with Crippen LogP contribution in [0.4, 0.5) is 10.1 Å². The van der Waals surface area contributed by atoms with Gasteiger partial charge in [-0.05, 0) is 57.3 Å². The molecule has 0 amide bonds. The van der Waals surface area contributed by atoms with Crippen molar-refractivity contribution >= 4 is 17.7 Å². The molecule has 0 aliphatic carbocycles. The second-order valence-corrected chi connectivity index (χ2v) is 5.52. The summed E-state index contributed by atoms with van der Waals surface area (Å²) in [5.74, 6) is -1.40. The van der Waals surface area contributed by atoms with Gasteiger partial charge in [-0.2, -0.15) is 0 Å². The van der Waals surface area contributed by atoms with Gasteiger partial charge in [0.1, 0.15) is 5.82 Å². The van der Waals surface area contributed by atoms with Crippen LogP contribution in [0.5, 0.6) is 0 Å². The van der Waals surface area contributed by atoms with E-state index < -0.39 is 5.97 Å². The average Bonchev–Trinajstić information content (AvgIpc) is 2.45. The van der Waals surface area contributed by atoms with Gasteiger partial charge in [-0.15, -0.1) is 0 Å². The van der Waals surface area contributed by atoms with Gasteiger partial charge in [0.05, 0.1) is 0 Å². The molecule has 21 heavy (non-hydrogen) atoms. The Balaban J connectivity index is 2.23. The Morgan fingerprint density at radius 2 is 2.10 bits per heavy atom. The van der Waals surface area contributed by atoms with Crippen molar-refractivity contribution in [1.29, 1.82) is 0 Å². The molecule has 4 nitrogen and oxygen atoms in total. The lowest BCUT2D eigenvalue weighted by molar-refractivity contribution is -0.131. The van der Waals surface area contributed by atoms with Gasteiger partial charge in [0.25, 0.3) is 0 Å². The molecule has 5 heteroatoms. The van der Waals surface area contributed by atoms with Crippen molar-refractivity contribution in [3.05, 3.63) is 35.7 Å². The zero-order valence-corrected chi connectivity index (χ0v) is 12.4. The quantitative estimate of drug-likeness (QED) is 0.866. The zero-order chi connectivity index (χ0) is 15.4. The number of likely N-dealkylation sites (tertiary alicyclic amines) is 1. The molecule has 1 aromatic rings. The first-order chi connectivity index (χ1) is 9.97. The van der Waals surface area contributed by atoms with E-state index in [1.54, 1.807) is 6.07 Å². The summed E-state index contributed by atoms with van der Waals surface area (Å²) in [5.41, 5.74) is 1.46. The first kappa shape index (κ1) is 15.5. The summed E-state index contributed by atoms with van der Waals surface area (Å²) >= 11 is 0. The van der Waals surface area contributed by atoms with Crippen molar-refractivity contribution in [2.75, 3.05) is 32.1 Å². The molecule has 1 aromatic carbocycles. The maximum Gasteiger partial charge on any atom is 0.328 e. The van der Waals surface area contributed by atoms with Crippen molar-refractivity contribution in [2.45, 2.75) is 18.9 Å². The number of piperidine rings is 1. The molecule has 0 spiro atoms. The van der Waals surface area contributed by atoms with E-state index >= 15 is 0 Å². The molecule has 0 radical (unpaired) electrons. The number of carboxylic acid groups (broad SMARTS) is 1. The molecule has 1 N–H and O–H groups in total. The van der Waals surface area contributed by atoms with Gasteiger partial charge in [0.15, 0.2) is 0 Å². The monoisotopic (exact) mass is 292 g/mol. The van der Waals surface area contributed by atoms with E-state index in [0.29, 0.717) is 11.6 Å². The maximum atomic E-state index is 13.4. The minimum atomic E-state index is -1.04. The molecule has 1 aliphatic rings. The molecule has 1 saturated heterocycles. The first-order valence-corrected chi connectivity index (χ1v) is 7.09. The van der Waals surface area contributed by atoms with Crippen LogP contribution in [0.1, 0.15) is 18.4 Å². The van der Waals surface area contributed by atoms with Crippen LogP contribution in [-0.4, -0.2) is 49.2 Å². The van der Waals surface area contributed by atoms with E-state index in [1.807, 2.05) is 7.05 Å². The summed E-state index contributed by atoms with van der Waals surface area (Å²) in [5, 5.41) is 8.75. The molecule has 1 fully saturated rings. The highest BCUT2D eigenvalue weighted by atomic mass is 19.1. The summed E-state index contributed by atoms with van der Waals surface area (Å²) in [7, 11) is 4.09. The number of carbonyl (C=O) groups is 1. The normalized spacial score (nSPS) is 17.3. The zero-order valence-electron chi connectivity index (χ0n) is 12.4. The third kappa shape index (κ3) is 4.04. The Morgan fingerprint density at radius 1 is 1.43 bits per heavy atom. The van der Waals surface area contributed by atoms with E-state index in [2.05, 4.69) is 16.8 Å². The van der Waals surface area contributed by atoms with Gasteiger partial charge in [0, 0.05) is 30.4 Å². The Kier molecular flexibility index (Phi) is 4.96. The van der Waals surface area contributed by atoms with E-state index in [-0.39, 0.29) is 5.82 Å². The minimum absolute atomic E-state index is 0.361. The summed E-state index contributed by atoms with van der Waals surface area (Å²) in [4.78, 5) is 15.1. The van der Waals surface area contributed by atoms with E-state index in [4.69, 9.17) is 5.11 Å². The van der Waals surface area contributed by atoms with Crippen molar-refractivity contribution in [3.63, 3.8) is 0 Å². The first-order valence-electron chi connectivity index (χ1n) is 7.09. The Hall–Kier alpha value is -1.88. The van der Waals surface area contributed by atoms with Gasteiger partial charge in [-0.25, -0.2) is 9.18 Å². The summed E-state index contributed by atoms with van der Waals surface area (Å²) < 4.78 is 13.4. The fraction of sp³-hybridized carbons (Fsp3) is 0.438. The molecule has 114 valence electrons. The van der Waals surface area contributed by atoms with Gasteiger partial charge >= 0.3 is 5.97 Å². The second kappa shape index (κ2) is 6.72. The third-order valence-corrected chi connectivity index (χ3v) is 4.01. The highest BCUT2D eigenvalue weighted by Gasteiger charge is 2.22. The number of hydrogen-bond acceptors (Lipinski definition) is 3. The molecule has 0 saturated carbocycles. The van der Waals surface area contributed by atoms with Crippen molar-refractivity contribution in [3.8, 4) is 0 Å². The smallest absolute Gasteiger partial charge is 0.328 e. The Labute approximate surface area is 124 Å². The molecule has 2 rings (SSSR count). The molecule has 1 aliphatic heterocycles. The predicted molar refractivity (Wildman–Crippen MR) is 82.0 cm³/mol. The molecular weight excluding hydrogens is 271 g/mol. The highest BCUT2D eigenvalue weighted by molar-refractivity contribution is 5.87. The van der Waals surface area contributed by atoms with Crippen LogP contribution < -0.4 is 4.90 Å². The summed E-state index contributed by atoms with van der Waals surface area (Å²) in [6.07, 6.45) is 4.59. The predicted octanol–water partition coefficient (Wildman–Crippen LogP) is 2.45. The summed E-state index contributed by atoms with van der Waals surface area (Å²) in [6, 6.07) is 4.90. The number of nitrogens with zero attached hydrogens (tertiary/aromatic N) is 2. The van der Waals surface area contributed by atoms with Crippen LogP contribution in [-0.2, 0) is 4.79 Å². The van der Waals surface area contributed by atoms with Crippen molar-refractivity contribution < 1.29 is 14.3 Å². The van der Waals surface area contributed by atoms with Crippen LogP contribution in [0.25, 0.3) is 6.08 Å². The summed E-state index contributed by atoms with van der Waals surface area (Å²) in [6.45, 7) is 2.08. The number of anilines is 1. The fourth-order valence-electron chi connectivity index (χ4n) is 2.72. The minimum Gasteiger partial charge on any atom is -0.478 e. The number of aliphatic carboxylic acids is 1. The van der Waals surface area contributed by atoms with Gasteiger partial charge in [-0.3, -0.25) is 0 Å². The molecule has 0 aromatic heterocycles. The fourth-order valence-corrected chi connectivity index (χ4v) is 2.72. The standard InChI is InChI=1S/C16H21FN2O2/c1-18-9-7-14(8-10-18)19(2)15-5-4-13(17)11-12(15)3-6-16(20)21/h3-6,11,14H,7-10H2,1-2H3,(H,20,21)/b6-3+. The Morgan fingerprint density at radius 3 is 2.71 bits per heavy atom. The molecule has 1 heterocycles. The topological polar surface area (TPSA) is 43.8 Å². The van der Waals surface area contributed by atoms with Crippen molar-refractivity contribution in [1.82, 2.24) is 4.90 Å². The molecule has 0 bridgehead atoms. The van der Waals surface area contributed by atoms with Crippen molar-refractivity contribution in [2.24, 2.45) is 0 Å². The third-order valence-electron chi connectivity index (χ3n) is 4.01. The van der Waals surface area contributed by atoms with E-state index in [0.717, 1.165) is 37.7 Å². The molecule has 0 atom stereocenters. The van der Waals surface area contributed by atoms with Gasteiger partial charge in [-0.1, -0.05) is 0 Å². The number of halogens is 1. The number of benzene rings is 1. The van der Waals surface area contributed by atoms with Crippen LogP contribution in [0.3, 0.4) is 0 Å². The lowest BCUT2D eigenvalue weighted by atomic mass is 10.0. The SMILES string of the molecule is CN1CCC(N(C)c2ccc(F)cc2/C=C/C(=O)O)CC1. The second-order valence-electron chi connectivity index (χ2n) is 5.52. The molecule has 0 unspecified atom stereocenters. The number of hydrogen-bond donors (Lipinski definition) is 1. The van der Waals surface area contributed by atoms with Gasteiger partial charge < -0.3 is 14.9 Å². The van der Waals surface area contributed by atoms with Crippen LogP contribution >= 0.6 is 0 Å². The Bertz CT molecular complexity index is 537. The van der Waals surface area contributed by atoms with Crippen LogP contribution in [0.2, 0.25) is 0 Å². The lowest BCUT2D eigenvalue weighted by Gasteiger charge is -2.37. The number of rotatable bonds is 4. The van der Waals surface area contributed by atoms with E-state index in [1.165, 1.54) is 18.2 Å². The van der Waals surface area contributed by atoms with E-state index in [9.17, 15) is 9.18 Å². The lowest BCUT2D eigenvalue weighted by Crippen LogP contribution is -2.42. The highest BCUT2D eigenvalue weighted by Crippen LogP contribution is 2.27. The molecular formula is C16H21FN2O2. The van der Waals surface area contributed by atoms with Crippen LogP contribution in [0.15, 0.2) is 24.3 Å². The van der Waals surface area contributed by atoms with Gasteiger partial charge in [0.2, 0.25) is 0 Å².